The molecular formula is C25H26N4O3. The van der Waals surface area contributed by atoms with Crippen molar-refractivity contribution in [1.29, 1.82) is 0 Å². The van der Waals surface area contributed by atoms with Gasteiger partial charge in [0.15, 0.2) is 0 Å². The highest BCUT2D eigenvalue weighted by atomic mass is 16.5. The number of fused-ring (bicyclic) bond motifs is 2. The number of anilines is 1. The molecule has 1 fully saturated rings. The van der Waals surface area contributed by atoms with E-state index in [0.29, 0.717) is 31.7 Å². The van der Waals surface area contributed by atoms with Crippen molar-refractivity contribution < 1.29 is 14.3 Å². The van der Waals surface area contributed by atoms with Crippen LogP contribution >= 0.6 is 0 Å². The first-order valence-electron chi connectivity index (χ1n) is 10.9. The highest BCUT2D eigenvalue weighted by molar-refractivity contribution is 6.07. The number of likely N-dealkylation sites (tertiary alicyclic amines) is 1. The van der Waals surface area contributed by atoms with Crippen LogP contribution < -0.4 is 10.1 Å². The van der Waals surface area contributed by atoms with Crippen LogP contribution in [0, 0.1) is 6.92 Å². The Hall–Kier alpha value is -3.61. The Morgan fingerprint density at radius 2 is 2.06 bits per heavy atom. The number of hydrogen-bond acceptors (Lipinski definition) is 4. The largest absolute Gasteiger partial charge is 0.497 e. The Bertz CT molecular complexity index is 1190. The number of amides is 2. The molecule has 7 heteroatoms. The van der Waals surface area contributed by atoms with E-state index in [9.17, 15) is 9.59 Å². The third kappa shape index (κ3) is 3.16. The Morgan fingerprint density at radius 3 is 2.84 bits per heavy atom. The molecule has 3 aromatic rings. The first kappa shape index (κ1) is 20.3. The monoisotopic (exact) mass is 430 g/mol. The summed E-state index contributed by atoms with van der Waals surface area (Å²) in [5.74, 6) is 0.667. The van der Waals surface area contributed by atoms with Gasteiger partial charge in [0.25, 0.3) is 0 Å². The van der Waals surface area contributed by atoms with Crippen LogP contribution in [0.5, 0.6) is 5.75 Å². The summed E-state index contributed by atoms with van der Waals surface area (Å²) in [5, 5.41) is 7.44. The summed E-state index contributed by atoms with van der Waals surface area (Å²) in [6, 6.07) is 17.0. The molecule has 32 heavy (non-hydrogen) atoms. The Morgan fingerprint density at radius 1 is 1.22 bits per heavy atom. The minimum absolute atomic E-state index is 0.0139. The van der Waals surface area contributed by atoms with Gasteiger partial charge >= 0.3 is 0 Å². The van der Waals surface area contributed by atoms with Gasteiger partial charge in [-0.25, -0.2) is 0 Å². The highest BCUT2D eigenvalue weighted by Crippen LogP contribution is 2.55. The smallest absolute Gasteiger partial charge is 0.237 e. The number of para-hydroxylation sites is 1. The summed E-state index contributed by atoms with van der Waals surface area (Å²) in [5.41, 5.74) is 2.78. The predicted molar refractivity (Wildman–Crippen MR) is 120 cm³/mol. The second-order valence-corrected chi connectivity index (χ2v) is 8.46. The number of benzene rings is 2. The molecule has 1 N–H and O–H groups in total. The van der Waals surface area contributed by atoms with E-state index in [-0.39, 0.29) is 11.8 Å². The minimum Gasteiger partial charge on any atom is -0.497 e. The van der Waals surface area contributed by atoms with Gasteiger partial charge in [0, 0.05) is 31.4 Å². The number of carbonyl (C=O) groups excluding carboxylic acids is 2. The number of nitrogens with zero attached hydrogens (tertiary/aromatic N) is 3. The molecule has 2 aliphatic heterocycles. The maximum Gasteiger partial charge on any atom is 0.237 e. The Labute approximate surface area is 187 Å². The average Bonchev–Trinajstić information content (AvgIpc) is 3.49. The number of carbonyl (C=O) groups is 2. The normalized spacial score (nSPS) is 21.6. The van der Waals surface area contributed by atoms with Gasteiger partial charge in [-0.1, -0.05) is 30.3 Å². The number of ether oxygens (including phenoxy) is 1. The van der Waals surface area contributed by atoms with Crippen LogP contribution in [-0.4, -0.2) is 40.1 Å². The first-order valence-corrected chi connectivity index (χ1v) is 10.9. The van der Waals surface area contributed by atoms with Crippen molar-refractivity contribution in [1.82, 2.24) is 14.7 Å². The standard InChI is InChI=1S/C25H26N4O3/c1-17-10-13-28(27-17)14-11-22(30)29-15-12-25(20-8-3-4-9-21(20)26-24(25)31)23(29)18-6-5-7-19(16-18)32-2/h3-10,13,16,23H,11-12,14-15H2,1-2H3,(H,26,31)/t23-,25+/m0/s1. The van der Waals surface area contributed by atoms with E-state index in [4.69, 9.17) is 4.74 Å². The summed E-state index contributed by atoms with van der Waals surface area (Å²) < 4.78 is 7.24. The van der Waals surface area contributed by atoms with Crippen molar-refractivity contribution in [3.63, 3.8) is 0 Å². The molecule has 5 rings (SSSR count). The molecule has 164 valence electrons. The molecule has 3 heterocycles. The maximum absolute atomic E-state index is 13.4. The van der Waals surface area contributed by atoms with Crippen LogP contribution in [0.3, 0.4) is 0 Å². The summed E-state index contributed by atoms with van der Waals surface area (Å²) in [6.07, 6.45) is 2.78. The van der Waals surface area contributed by atoms with Gasteiger partial charge in [-0.3, -0.25) is 14.3 Å². The molecule has 0 saturated carbocycles. The first-order chi connectivity index (χ1) is 15.5. The van der Waals surface area contributed by atoms with Gasteiger partial charge in [-0.05, 0) is 48.7 Å². The molecule has 2 amide bonds. The molecule has 1 spiro atoms. The SMILES string of the molecule is COc1cccc([C@@H]2N(C(=O)CCn3ccc(C)n3)CC[C@]23C(=O)Nc2ccccc23)c1. The van der Waals surface area contributed by atoms with Crippen LogP contribution in [0.2, 0.25) is 0 Å². The maximum atomic E-state index is 13.4. The van der Waals surface area contributed by atoms with Crippen molar-refractivity contribution in [2.45, 2.75) is 37.8 Å². The molecule has 0 unspecified atom stereocenters. The number of nitrogens with one attached hydrogen (secondary N) is 1. The van der Waals surface area contributed by atoms with Gasteiger partial charge in [-0.15, -0.1) is 0 Å². The number of hydrogen-bond donors (Lipinski definition) is 1. The molecule has 0 radical (unpaired) electrons. The zero-order chi connectivity index (χ0) is 22.3. The van der Waals surface area contributed by atoms with Crippen LogP contribution in [-0.2, 0) is 21.5 Å². The quantitative estimate of drug-likeness (QED) is 0.673. The van der Waals surface area contributed by atoms with E-state index in [0.717, 1.165) is 22.5 Å². The molecule has 1 aromatic heterocycles. The van der Waals surface area contributed by atoms with Crippen LogP contribution in [0.25, 0.3) is 0 Å². The average molecular weight is 431 g/mol. The number of rotatable bonds is 5. The second-order valence-electron chi connectivity index (χ2n) is 8.46. The predicted octanol–water partition coefficient (Wildman–Crippen LogP) is 3.45. The van der Waals surface area contributed by atoms with Gasteiger partial charge in [0.05, 0.1) is 18.8 Å². The van der Waals surface area contributed by atoms with Crippen molar-refractivity contribution in [3.8, 4) is 5.75 Å². The van der Waals surface area contributed by atoms with Crippen LogP contribution in [0.1, 0.15) is 35.7 Å². The lowest BCUT2D eigenvalue weighted by Gasteiger charge is -2.34. The summed E-state index contributed by atoms with van der Waals surface area (Å²) >= 11 is 0. The molecule has 1 saturated heterocycles. The topological polar surface area (TPSA) is 76.5 Å². The van der Waals surface area contributed by atoms with Crippen LogP contribution in [0.15, 0.2) is 60.8 Å². The van der Waals surface area contributed by atoms with E-state index < -0.39 is 11.5 Å². The van der Waals surface area contributed by atoms with Crippen molar-refractivity contribution in [3.05, 3.63) is 77.6 Å². The molecule has 2 aromatic carbocycles. The fourth-order valence-corrected chi connectivity index (χ4v) is 5.17. The lowest BCUT2D eigenvalue weighted by atomic mass is 9.72. The fourth-order valence-electron chi connectivity index (χ4n) is 5.17. The second kappa shape index (κ2) is 7.82. The molecule has 2 atom stereocenters. The highest BCUT2D eigenvalue weighted by Gasteiger charge is 2.59. The summed E-state index contributed by atoms with van der Waals surface area (Å²) in [6.45, 7) is 2.95. The zero-order valence-corrected chi connectivity index (χ0v) is 18.2. The van der Waals surface area contributed by atoms with Crippen molar-refractivity contribution >= 4 is 17.5 Å². The lowest BCUT2D eigenvalue weighted by molar-refractivity contribution is -0.133. The lowest BCUT2D eigenvalue weighted by Crippen LogP contribution is -2.42. The number of aryl methyl sites for hydroxylation is 2. The van der Waals surface area contributed by atoms with Gasteiger partial charge in [0.2, 0.25) is 11.8 Å². The third-order valence-corrected chi connectivity index (χ3v) is 6.65. The fraction of sp³-hybridized carbons (Fsp3) is 0.320. The molecule has 2 aliphatic rings. The summed E-state index contributed by atoms with van der Waals surface area (Å²) in [7, 11) is 1.62. The summed E-state index contributed by atoms with van der Waals surface area (Å²) in [4.78, 5) is 28.8. The van der Waals surface area contributed by atoms with E-state index in [2.05, 4.69) is 10.4 Å². The van der Waals surface area contributed by atoms with E-state index in [1.54, 1.807) is 11.8 Å². The Kier molecular flexibility index (Phi) is 4.96. The van der Waals surface area contributed by atoms with Crippen molar-refractivity contribution in [2.24, 2.45) is 0 Å². The van der Waals surface area contributed by atoms with Crippen molar-refractivity contribution in [2.75, 3.05) is 19.0 Å². The molecule has 7 nitrogen and oxygen atoms in total. The van der Waals surface area contributed by atoms with Crippen LogP contribution in [0.4, 0.5) is 5.69 Å². The zero-order valence-electron chi connectivity index (χ0n) is 18.2. The van der Waals surface area contributed by atoms with E-state index in [1.807, 2.05) is 72.6 Å². The minimum atomic E-state index is -0.819. The van der Waals surface area contributed by atoms with Gasteiger partial charge < -0.3 is 15.0 Å². The van der Waals surface area contributed by atoms with E-state index in [1.165, 1.54) is 0 Å². The van der Waals surface area contributed by atoms with Gasteiger partial charge in [-0.2, -0.15) is 5.10 Å². The molecular weight excluding hydrogens is 404 g/mol. The number of aromatic nitrogens is 2. The van der Waals surface area contributed by atoms with E-state index >= 15 is 0 Å². The van der Waals surface area contributed by atoms with Gasteiger partial charge in [0.1, 0.15) is 11.2 Å². The Balaban J connectivity index is 1.54. The molecule has 0 bridgehead atoms. The third-order valence-electron chi connectivity index (χ3n) is 6.65. The number of methoxy groups -OCH3 is 1. The molecule has 0 aliphatic carbocycles.